The molecule has 1 fully saturated rings. The third-order valence-electron chi connectivity index (χ3n) is 2.50. The van der Waals surface area contributed by atoms with Gasteiger partial charge in [0.15, 0.2) is 0 Å². The molecule has 5 nitrogen and oxygen atoms in total. The Balaban J connectivity index is 2.21. The first-order valence-electron chi connectivity index (χ1n) is 5.93. The molecule has 5 heteroatoms. The van der Waals surface area contributed by atoms with Crippen molar-refractivity contribution in [1.82, 2.24) is 10.6 Å². The summed E-state index contributed by atoms with van der Waals surface area (Å²) in [6, 6.07) is 0.0155. The van der Waals surface area contributed by atoms with E-state index in [2.05, 4.69) is 17.2 Å². The molecule has 1 amide bonds. The Morgan fingerprint density at radius 2 is 2.12 bits per heavy atom. The Labute approximate surface area is 102 Å². The molecule has 1 saturated carbocycles. The van der Waals surface area contributed by atoms with Crippen LogP contribution < -0.4 is 10.6 Å². The van der Waals surface area contributed by atoms with E-state index >= 15 is 0 Å². The van der Waals surface area contributed by atoms with Crippen LogP contribution in [0, 0.1) is 0 Å². The minimum Gasteiger partial charge on any atom is -0.463 e. The molecule has 0 aromatic carbocycles. The van der Waals surface area contributed by atoms with Crippen molar-refractivity contribution in [2.75, 3.05) is 13.2 Å². The van der Waals surface area contributed by atoms with Gasteiger partial charge in [-0.25, -0.2) is 4.79 Å². The molecule has 0 bridgehead atoms. The van der Waals surface area contributed by atoms with Crippen molar-refractivity contribution in [2.45, 2.75) is 38.8 Å². The first-order chi connectivity index (χ1) is 8.04. The number of amides is 1. The molecule has 0 aromatic heterocycles. The predicted octanol–water partition coefficient (Wildman–Crippen LogP) is 0.362. The first kappa shape index (κ1) is 13.7. The van der Waals surface area contributed by atoms with E-state index in [1.54, 1.807) is 13.8 Å². The summed E-state index contributed by atoms with van der Waals surface area (Å²) >= 11 is 0. The second-order valence-electron chi connectivity index (χ2n) is 4.21. The second-order valence-corrected chi connectivity index (χ2v) is 4.21. The van der Waals surface area contributed by atoms with E-state index in [-0.39, 0.29) is 18.5 Å². The third-order valence-corrected chi connectivity index (χ3v) is 2.50. The van der Waals surface area contributed by atoms with Crippen molar-refractivity contribution in [3.63, 3.8) is 0 Å². The van der Waals surface area contributed by atoms with E-state index in [1.165, 1.54) is 0 Å². The summed E-state index contributed by atoms with van der Waals surface area (Å²) in [4.78, 5) is 22.8. The first-order valence-corrected chi connectivity index (χ1v) is 5.93. The van der Waals surface area contributed by atoms with Crippen molar-refractivity contribution in [1.29, 1.82) is 0 Å². The maximum Gasteiger partial charge on any atom is 0.334 e. The fourth-order valence-corrected chi connectivity index (χ4v) is 1.23. The molecule has 1 unspecified atom stereocenters. The largest absolute Gasteiger partial charge is 0.463 e. The number of esters is 1. The Morgan fingerprint density at radius 3 is 2.65 bits per heavy atom. The van der Waals surface area contributed by atoms with E-state index in [1.807, 2.05) is 0 Å². The fourth-order valence-electron chi connectivity index (χ4n) is 1.23. The Bertz CT molecular complexity index is 311. The number of ether oxygens (including phenoxy) is 1. The van der Waals surface area contributed by atoms with Gasteiger partial charge in [0.05, 0.1) is 12.6 Å². The van der Waals surface area contributed by atoms with Crippen LogP contribution in [-0.2, 0) is 14.3 Å². The van der Waals surface area contributed by atoms with E-state index in [0.29, 0.717) is 18.2 Å². The van der Waals surface area contributed by atoms with Gasteiger partial charge in [0.2, 0.25) is 5.91 Å². The molecule has 1 atom stereocenters. The second kappa shape index (κ2) is 6.39. The van der Waals surface area contributed by atoms with Crippen LogP contribution >= 0.6 is 0 Å². The van der Waals surface area contributed by atoms with Crippen molar-refractivity contribution in [3.05, 3.63) is 12.2 Å². The van der Waals surface area contributed by atoms with Gasteiger partial charge in [-0.3, -0.25) is 4.79 Å². The van der Waals surface area contributed by atoms with Gasteiger partial charge in [0, 0.05) is 18.2 Å². The lowest BCUT2D eigenvalue weighted by Crippen LogP contribution is -2.44. The average Bonchev–Trinajstić information content (AvgIpc) is 3.09. The molecule has 17 heavy (non-hydrogen) atoms. The highest BCUT2D eigenvalue weighted by Gasteiger charge is 2.25. The maximum absolute atomic E-state index is 11.6. The molecule has 2 N–H and O–H groups in total. The summed E-state index contributed by atoms with van der Waals surface area (Å²) in [5.41, 5.74) is 0.331. The number of rotatable bonds is 7. The highest BCUT2D eigenvalue weighted by molar-refractivity contribution is 5.88. The number of carbonyl (C=O) groups excluding carboxylic acids is 2. The lowest BCUT2D eigenvalue weighted by atomic mass is 10.2. The van der Waals surface area contributed by atoms with Crippen LogP contribution in [0.4, 0.5) is 0 Å². The molecule has 0 aromatic rings. The van der Waals surface area contributed by atoms with Crippen molar-refractivity contribution in [2.24, 2.45) is 0 Å². The molecule has 0 heterocycles. The predicted molar refractivity (Wildman–Crippen MR) is 64.4 cm³/mol. The van der Waals surface area contributed by atoms with Crippen LogP contribution in [0.2, 0.25) is 0 Å². The highest BCUT2D eigenvalue weighted by Crippen LogP contribution is 2.18. The topological polar surface area (TPSA) is 67.4 Å². The summed E-state index contributed by atoms with van der Waals surface area (Å²) in [6.07, 6.45) is 2.13. The van der Waals surface area contributed by atoms with Gasteiger partial charge >= 0.3 is 5.97 Å². The van der Waals surface area contributed by atoms with Gasteiger partial charge < -0.3 is 15.4 Å². The van der Waals surface area contributed by atoms with Crippen LogP contribution in [0.3, 0.4) is 0 Å². The quantitative estimate of drug-likeness (QED) is 0.498. The number of nitrogens with one attached hydrogen (secondary N) is 2. The van der Waals surface area contributed by atoms with E-state index in [0.717, 1.165) is 12.8 Å². The van der Waals surface area contributed by atoms with Gasteiger partial charge in [-0.1, -0.05) is 6.58 Å². The molecule has 0 spiro atoms. The smallest absolute Gasteiger partial charge is 0.334 e. The van der Waals surface area contributed by atoms with Gasteiger partial charge in [-0.15, -0.1) is 0 Å². The normalized spacial score (nSPS) is 16.1. The molecule has 0 radical (unpaired) electrons. The summed E-state index contributed by atoms with van der Waals surface area (Å²) < 4.78 is 4.79. The summed E-state index contributed by atoms with van der Waals surface area (Å²) in [5, 5.41) is 5.83. The summed E-state index contributed by atoms with van der Waals surface area (Å²) in [6.45, 7) is 7.70. The Kier molecular flexibility index (Phi) is 5.15. The molecule has 0 aliphatic heterocycles. The summed E-state index contributed by atoms with van der Waals surface area (Å²) in [7, 11) is 0. The Morgan fingerprint density at radius 1 is 1.47 bits per heavy atom. The van der Waals surface area contributed by atoms with Crippen molar-refractivity contribution < 1.29 is 14.3 Å². The standard InChI is InChI=1S/C12H20N2O3/c1-4-17-12(16)8(2)7-13-9(3)11(15)14-10-5-6-10/h9-10,13H,2,4-7H2,1,3H3,(H,14,15). The van der Waals surface area contributed by atoms with Gasteiger partial charge in [0.25, 0.3) is 0 Å². The number of hydrogen-bond acceptors (Lipinski definition) is 4. The molecular weight excluding hydrogens is 220 g/mol. The SMILES string of the molecule is C=C(CNC(C)C(=O)NC1CC1)C(=O)OCC. The highest BCUT2D eigenvalue weighted by atomic mass is 16.5. The lowest BCUT2D eigenvalue weighted by molar-refractivity contribution is -0.138. The van der Waals surface area contributed by atoms with Gasteiger partial charge in [-0.05, 0) is 26.7 Å². The zero-order valence-electron chi connectivity index (χ0n) is 10.4. The summed E-state index contributed by atoms with van der Waals surface area (Å²) in [5.74, 6) is -0.459. The molecule has 96 valence electrons. The fraction of sp³-hybridized carbons (Fsp3) is 0.667. The molecule has 0 saturated heterocycles. The van der Waals surface area contributed by atoms with Gasteiger partial charge in [0.1, 0.15) is 0 Å². The zero-order valence-corrected chi connectivity index (χ0v) is 10.4. The lowest BCUT2D eigenvalue weighted by Gasteiger charge is -2.14. The van der Waals surface area contributed by atoms with Crippen molar-refractivity contribution >= 4 is 11.9 Å². The van der Waals surface area contributed by atoms with Crippen LogP contribution in [-0.4, -0.2) is 37.1 Å². The molecule has 1 aliphatic carbocycles. The average molecular weight is 240 g/mol. The minimum absolute atomic E-state index is 0.0378. The van der Waals surface area contributed by atoms with Crippen LogP contribution in [0.25, 0.3) is 0 Å². The minimum atomic E-state index is -0.421. The molecular formula is C12H20N2O3. The molecule has 1 rings (SSSR count). The van der Waals surface area contributed by atoms with Crippen LogP contribution in [0.15, 0.2) is 12.2 Å². The van der Waals surface area contributed by atoms with Crippen molar-refractivity contribution in [3.8, 4) is 0 Å². The van der Waals surface area contributed by atoms with Gasteiger partial charge in [-0.2, -0.15) is 0 Å². The Hall–Kier alpha value is -1.36. The van der Waals surface area contributed by atoms with E-state index < -0.39 is 5.97 Å². The van der Waals surface area contributed by atoms with E-state index in [9.17, 15) is 9.59 Å². The van der Waals surface area contributed by atoms with E-state index in [4.69, 9.17) is 4.74 Å². The van der Waals surface area contributed by atoms with Crippen LogP contribution in [0.1, 0.15) is 26.7 Å². The third kappa shape index (κ3) is 4.99. The number of hydrogen-bond donors (Lipinski definition) is 2. The molecule has 1 aliphatic rings. The zero-order chi connectivity index (χ0) is 12.8. The van der Waals surface area contributed by atoms with Crippen LogP contribution in [0.5, 0.6) is 0 Å². The monoisotopic (exact) mass is 240 g/mol. The maximum atomic E-state index is 11.6. The number of carbonyl (C=O) groups is 2.